The van der Waals surface area contributed by atoms with Gasteiger partial charge in [-0.15, -0.1) is 0 Å². The summed E-state index contributed by atoms with van der Waals surface area (Å²) in [7, 11) is 1.56. The topological polar surface area (TPSA) is 71.0 Å². The number of ether oxygens (including phenoxy) is 1. The van der Waals surface area contributed by atoms with Crippen molar-refractivity contribution >= 4 is 18.0 Å². The van der Waals surface area contributed by atoms with Crippen LogP contribution in [0.3, 0.4) is 0 Å². The van der Waals surface area contributed by atoms with Crippen LogP contribution in [0.4, 0.5) is 4.39 Å². The minimum atomic E-state index is -0.398. The molecule has 7 heteroatoms. The van der Waals surface area contributed by atoms with E-state index in [0.29, 0.717) is 42.8 Å². The van der Waals surface area contributed by atoms with E-state index in [1.807, 2.05) is 0 Å². The van der Waals surface area contributed by atoms with Crippen molar-refractivity contribution in [1.29, 1.82) is 0 Å². The Bertz CT molecular complexity index is 877. The molecule has 0 radical (unpaired) electrons. The molecule has 1 fully saturated rings. The second-order valence-electron chi connectivity index (χ2n) is 6.55. The summed E-state index contributed by atoms with van der Waals surface area (Å²) in [6.07, 6.45) is 2.39. The summed E-state index contributed by atoms with van der Waals surface area (Å²) in [6.45, 7) is 0.982. The van der Waals surface area contributed by atoms with Crippen LogP contribution in [0, 0.1) is 11.7 Å². The van der Waals surface area contributed by atoms with E-state index >= 15 is 0 Å². The van der Waals surface area contributed by atoms with Crippen LogP contribution >= 0.6 is 0 Å². The highest BCUT2D eigenvalue weighted by atomic mass is 19.1. The molecule has 28 heavy (non-hydrogen) atoms. The number of hydrogen-bond donors (Lipinski definition) is 1. The van der Waals surface area contributed by atoms with Crippen LogP contribution in [0.1, 0.15) is 28.8 Å². The minimum absolute atomic E-state index is 0.0738. The summed E-state index contributed by atoms with van der Waals surface area (Å²) < 4.78 is 18.7. The number of carbonyl (C=O) groups excluding carboxylic acids is 2. The maximum absolute atomic E-state index is 13.5. The van der Waals surface area contributed by atoms with E-state index in [1.54, 1.807) is 54.5 Å². The largest absolute Gasteiger partial charge is 0.497 e. The zero-order valence-corrected chi connectivity index (χ0v) is 15.6. The lowest BCUT2D eigenvalue weighted by Crippen LogP contribution is -2.42. The molecular formula is C21H22FN3O3. The smallest absolute Gasteiger partial charge is 0.253 e. The first kappa shape index (κ1) is 19.5. The molecule has 2 aromatic carbocycles. The van der Waals surface area contributed by atoms with E-state index in [9.17, 15) is 14.0 Å². The molecule has 0 aliphatic carbocycles. The van der Waals surface area contributed by atoms with Crippen LogP contribution < -0.4 is 10.2 Å². The molecule has 1 N–H and O–H groups in total. The maximum atomic E-state index is 13.5. The Morgan fingerprint density at radius 2 is 1.93 bits per heavy atom. The van der Waals surface area contributed by atoms with Crippen molar-refractivity contribution in [1.82, 2.24) is 10.3 Å². The zero-order chi connectivity index (χ0) is 19.9. The molecule has 1 saturated heterocycles. The Morgan fingerprint density at radius 3 is 2.64 bits per heavy atom. The van der Waals surface area contributed by atoms with Gasteiger partial charge in [0.1, 0.15) is 11.6 Å². The summed E-state index contributed by atoms with van der Waals surface area (Å²) in [6, 6.07) is 13.2. The van der Waals surface area contributed by atoms with Gasteiger partial charge >= 0.3 is 0 Å². The normalized spacial score (nSPS) is 14.9. The Balaban J connectivity index is 1.51. The highest BCUT2D eigenvalue weighted by Gasteiger charge is 2.27. The van der Waals surface area contributed by atoms with Crippen molar-refractivity contribution in [2.24, 2.45) is 11.0 Å². The fourth-order valence-corrected chi connectivity index (χ4v) is 3.12. The van der Waals surface area contributed by atoms with Gasteiger partial charge in [0.25, 0.3) is 5.91 Å². The zero-order valence-electron chi connectivity index (χ0n) is 15.6. The van der Waals surface area contributed by atoms with Gasteiger partial charge in [0.15, 0.2) is 0 Å². The number of piperidine rings is 1. The number of benzene rings is 2. The number of halogens is 1. The molecule has 6 nitrogen and oxygen atoms in total. The van der Waals surface area contributed by atoms with Crippen LogP contribution in [0.5, 0.6) is 5.75 Å². The quantitative estimate of drug-likeness (QED) is 0.638. The van der Waals surface area contributed by atoms with E-state index in [1.165, 1.54) is 12.3 Å². The Kier molecular flexibility index (Phi) is 6.37. The molecule has 3 rings (SSSR count). The Hall–Kier alpha value is -3.22. The van der Waals surface area contributed by atoms with Crippen LogP contribution in [-0.2, 0) is 4.79 Å². The third-order valence-electron chi connectivity index (χ3n) is 4.75. The van der Waals surface area contributed by atoms with Gasteiger partial charge in [-0.1, -0.05) is 24.3 Å². The highest BCUT2D eigenvalue weighted by Crippen LogP contribution is 2.21. The SMILES string of the molecule is COc1cccc(C(=O)N2CCC(C(=O)N/N=C\c3ccccc3F)CC2)c1. The summed E-state index contributed by atoms with van der Waals surface area (Å²) in [5.74, 6) is -0.291. The van der Waals surface area contributed by atoms with Crippen molar-refractivity contribution < 1.29 is 18.7 Å². The van der Waals surface area contributed by atoms with Crippen LogP contribution in [0.15, 0.2) is 53.6 Å². The Morgan fingerprint density at radius 1 is 1.18 bits per heavy atom. The van der Waals surface area contributed by atoms with Crippen LogP contribution in [0.25, 0.3) is 0 Å². The molecule has 2 amide bonds. The molecule has 1 aliphatic rings. The van der Waals surface area contributed by atoms with Crippen molar-refractivity contribution in [2.75, 3.05) is 20.2 Å². The number of hydrazone groups is 1. The van der Waals surface area contributed by atoms with Crippen LogP contribution in [0.2, 0.25) is 0 Å². The van der Waals surface area contributed by atoms with Crippen LogP contribution in [-0.4, -0.2) is 43.1 Å². The maximum Gasteiger partial charge on any atom is 0.253 e. The summed E-state index contributed by atoms with van der Waals surface area (Å²) in [4.78, 5) is 26.6. The van der Waals surface area contributed by atoms with Gasteiger partial charge < -0.3 is 9.64 Å². The highest BCUT2D eigenvalue weighted by molar-refractivity contribution is 5.94. The first-order valence-electron chi connectivity index (χ1n) is 9.09. The fraction of sp³-hybridized carbons (Fsp3) is 0.286. The first-order chi connectivity index (χ1) is 13.6. The number of carbonyl (C=O) groups is 2. The third kappa shape index (κ3) is 4.73. The summed E-state index contributed by atoms with van der Waals surface area (Å²) in [5.41, 5.74) is 3.34. The average molecular weight is 383 g/mol. The van der Waals surface area contributed by atoms with Crippen molar-refractivity contribution in [2.45, 2.75) is 12.8 Å². The van der Waals surface area contributed by atoms with E-state index in [-0.39, 0.29) is 17.7 Å². The van der Waals surface area contributed by atoms with Crippen molar-refractivity contribution in [3.63, 3.8) is 0 Å². The van der Waals surface area contributed by atoms with Crippen molar-refractivity contribution in [3.8, 4) is 5.75 Å². The lowest BCUT2D eigenvalue weighted by Gasteiger charge is -2.31. The molecule has 0 bridgehead atoms. The number of amides is 2. The molecule has 0 saturated carbocycles. The average Bonchev–Trinajstić information content (AvgIpc) is 2.74. The van der Waals surface area contributed by atoms with Gasteiger partial charge in [-0.2, -0.15) is 5.10 Å². The molecule has 0 unspecified atom stereocenters. The number of methoxy groups -OCH3 is 1. The molecule has 2 aromatic rings. The van der Waals surface area contributed by atoms with Gasteiger partial charge in [-0.05, 0) is 37.1 Å². The molecule has 1 aliphatic heterocycles. The number of nitrogens with one attached hydrogen (secondary N) is 1. The van der Waals surface area contributed by atoms with E-state index in [0.717, 1.165) is 0 Å². The van der Waals surface area contributed by atoms with Gasteiger partial charge in [-0.3, -0.25) is 9.59 Å². The summed E-state index contributed by atoms with van der Waals surface area (Å²) in [5, 5.41) is 3.84. The molecular weight excluding hydrogens is 361 g/mol. The predicted octanol–water partition coefficient (Wildman–Crippen LogP) is 2.84. The fourth-order valence-electron chi connectivity index (χ4n) is 3.12. The van der Waals surface area contributed by atoms with E-state index in [4.69, 9.17) is 4.74 Å². The molecule has 146 valence electrons. The molecule has 1 heterocycles. The van der Waals surface area contributed by atoms with Gasteiger partial charge in [-0.25, -0.2) is 9.82 Å². The number of nitrogens with zero attached hydrogens (tertiary/aromatic N) is 2. The monoisotopic (exact) mass is 383 g/mol. The number of rotatable bonds is 5. The standard InChI is InChI=1S/C21H22FN3O3/c1-28-18-7-4-6-16(13-18)21(27)25-11-9-15(10-12-25)20(26)24-23-14-17-5-2-3-8-19(17)22/h2-8,13-15H,9-12H2,1H3,(H,24,26)/b23-14-. The molecule has 0 aromatic heterocycles. The Labute approximate surface area is 163 Å². The lowest BCUT2D eigenvalue weighted by atomic mass is 9.95. The van der Waals surface area contributed by atoms with Gasteiger partial charge in [0, 0.05) is 30.1 Å². The predicted molar refractivity (Wildman–Crippen MR) is 104 cm³/mol. The van der Waals surface area contributed by atoms with Gasteiger partial charge in [0.2, 0.25) is 5.91 Å². The molecule has 0 atom stereocenters. The van der Waals surface area contributed by atoms with E-state index < -0.39 is 5.82 Å². The number of hydrogen-bond acceptors (Lipinski definition) is 4. The lowest BCUT2D eigenvalue weighted by molar-refractivity contribution is -0.126. The second-order valence-corrected chi connectivity index (χ2v) is 6.55. The number of likely N-dealkylation sites (tertiary alicyclic amines) is 1. The van der Waals surface area contributed by atoms with Gasteiger partial charge in [0.05, 0.1) is 13.3 Å². The van der Waals surface area contributed by atoms with E-state index in [2.05, 4.69) is 10.5 Å². The minimum Gasteiger partial charge on any atom is -0.497 e. The molecule has 0 spiro atoms. The summed E-state index contributed by atoms with van der Waals surface area (Å²) >= 11 is 0. The van der Waals surface area contributed by atoms with Crippen molar-refractivity contribution in [3.05, 3.63) is 65.5 Å². The second kappa shape index (κ2) is 9.12. The third-order valence-corrected chi connectivity index (χ3v) is 4.75. The first-order valence-corrected chi connectivity index (χ1v) is 9.09.